The minimum absolute atomic E-state index is 0.0105. The van der Waals surface area contributed by atoms with Crippen LogP contribution in [0.5, 0.6) is 11.5 Å². The second-order valence-electron chi connectivity index (χ2n) is 6.24. The molecule has 0 unspecified atom stereocenters. The summed E-state index contributed by atoms with van der Waals surface area (Å²) in [7, 11) is -2.49. The van der Waals surface area contributed by atoms with E-state index in [1.54, 1.807) is 13.0 Å². The van der Waals surface area contributed by atoms with Gasteiger partial charge >= 0.3 is 5.63 Å². The minimum atomic E-state index is -3.80. The molecule has 2 aromatic rings. The van der Waals surface area contributed by atoms with Crippen LogP contribution in [0.15, 0.2) is 44.4 Å². The Morgan fingerprint density at radius 1 is 1.19 bits per heavy atom. The summed E-state index contributed by atoms with van der Waals surface area (Å²) < 4.78 is 56.1. The van der Waals surface area contributed by atoms with Crippen molar-refractivity contribution >= 4 is 10.0 Å². The Balaban J connectivity index is 1.67. The first-order valence-corrected chi connectivity index (χ1v) is 9.86. The lowest BCUT2D eigenvalue weighted by molar-refractivity contribution is 0.134. The molecular formula is C18H20FNO6S. The van der Waals surface area contributed by atoms with Gasteiger partial charge < -0.3 is 13.9 Å². The number of ether oxygens (including phenoxy) is 2. The Bertz CT molecular complexity index is 980. The van der Waals surface area contributed by atoms with Gasteiger partial charge in [0.05, 0.1) is 18.1 Å². The highest BCUT2D eigenvalue weighted by molar-refractivity contribution is 7.89. The molecule has 0 aliphatic carbocycles. The van der Waals surface area contributed by atoms with Gasteiger partial charge in [0.15, 0.2) is 11.6 Å². The monoisotopic (exact) mass is 397 g/mol. The van der Waals surface area contributed by atoms with Gasteiger partial charge in [-0.25, -0.2) is 17.6 Å². The van der Waals surface area contributed by atoms with Gasteiger partial charge in [-0.3, -0.25) is 0 Å². The van der Waals surface area contributed by atoms with E-state index in [4.69, 9.17) is 13.9 Å². The number of nitrogens with zero attached hydrogens (tertiary/aromatic N) is 1. The fourth-order valence-corrected chi connectivity index (χ4v) is 4.47. The van der Waals surface area contributed by atoms with Gasteiger partial charge in [-0.05, 0) is 38.0 Å². The van der Waals surface area contributed by atoms with E-state index in [1.807, 2.05) is 0 Å². The van der Waals surface area contributed by atoms with Gasteiger partial charge in [0, 0.05) is 19.2 Å². The van der Waals surface area contributed by atoms with Gasteiger partial charge in [-0.2, -0.15) is 4.31 Å². The van der Waals surface area contributed by atoms with E-state index in [9.17, 15) is 17.6 Å². The van der Waals surface area contributed by atoms with Crippen molar-refractivity contribution in [3.8, 4) is 11.5 Å². The van der Waals surface area contributed by atoms with Gasteiger partial charge in [0.1, 0.15) is 17.6 Å². The molecule has 1 aromatic carbocycles. The van der Waals surface area contributed by atoms with Crippen molar-refractivity contribution in [2.75, 3.05) is 20.2 Å². The number of sulfonamides is 1. The second-order valence-corrected chi connectivity index (χ2v) is 8.18. The van der Waals surface area contributed by atoms with Crippen molar-refractivity contribution in [2.45, 2.75) is 30.8 Å². The quantitative estimate of drug-likeness (QED) is 0.770. The van der Waals surface area contributed by atoms with Crippen LogP contribution in [0.3, 0.4) is 0 Å². The summed E-state index contributed by atoms with van der Waals surface area (Å²) in [5.74, 6) is 0.111. The molecule has 1 aliphatic heterocycles. The number of hydrogen-bond acceptors (Lipinski definition) is 6. The summed E-state index contributed by atoms with van der Waals surface area (Å²) in [4.78, 5) is 11.3. The topological polar surface area (TPSA) is 86.1 Å². The molecule has 2 heterocycles. The second kappa shape index (κ2) is 7.69. The summed E-state index contributed by atoms with van der Waals surface area (Å²) in [6.07, 6.45) is 0.694. The lowest BCUT2D eigenvalue weighted by Crippen LogP contribution is -2.41. The zero-order chi connectivity index (χ0) is 19.6. The third kappa shape index (κ3) is 4.30. The molecule has 0 amide bonds. The fourth-order valence-electron chi connectivity index (χ4n) is 2.98. The van der Waals surface area contributed by atoms with Crippen LogP contribution in [0.25, 0.3) is 0 Å². The maximum absolute atomic E-state index is 13.9. The molecule has 7 nitrogen and oxygen atoms in total. The predicted octanol–water partition coefficient (Wildman–Crippen LogP) is 2.33. The zero-order valence-corrected chi connectivity index (χ0v) is 15.8. The van der Waals surface area contributed by atoms with Crippen molar-refractivity contribution in [3.63, 3.8) is 0 Å². The van der Waals surface area contributed by atoms with Gasteiger partial charge in [-0.1, -0.05) is 0 Å². The Morgan fingerprint density at radius 3 is 2.48 bits per heavy atom. The summed E-state index contributed by atoms with van der Waals surface area (Å²) in [5.41, 5.74) is -0.494. The number of hydrogen-bond donors (Lipinski definition) is 0. The molecule has 0 spiro atoms. The zero-order valence-electron chi connectivity index (χ0n) is 15.0. The Hall–Kier alpha value is -2.39. The molecule has 146 valence electrons. The highest BCUT2D eigenvalue weighted by Crippen LogP contribution is 2.26. The van der Waals surface area contributed by atoms with Gasteiger partial charge in [0.2, 0.25) is 10.0 Å². The first-order chi connectivity index (χ1) is 12.8. The molecule has 0 N–H and O–H groups in total. The van der Waals surface area contributed by atoms with E-state index in [1.165, 1.54) is 29.6 Å². The summed E-state index contributed by atoms with van der Waals surface area (Å²) >= 11 is 0. The van der Waals surface area contributed by atoms with Crippen LogP contribution in [-0.4, -0.2) is 39.0 Å². The Morgan fingerprint density at radius 2 is 1.89 bits per heavy atom. The van der Waals surface area contributed by atoms with Crippen LogP contribution in [-0.2, 0) is 10.0 Å². The van der Waals surface area contributed by atoms with E-state index in [0.717, 1.165) is 6.07 Å². The standard InChI is InChI=1S/C18H20FNO6S/c1-12-9-14(10-18(21)25-12)26-13-5-7-20(8-6-13)27(22,23)15-3-4-17(24-2)16(19)11-15/h3-4,9-11,13H,5-8H2,1-2H3. The van der Waals surface area contributed by atoms with Crippen LogP contribution in [0.1, 0.15) is 18.6 Å². The molecular weight excluding hydrogens is 377 g/mol. The van der Waals surface area contributed by atoms with Gasteiger partial charge in [-0.15, -0.1) is 0 Å². The molecule has 9 heteroatoms. The van der Waals surface area contributed by atoms with E-state index in [-0.39, 0.29) is 29.8 Å². The molecule has 1 fully saturated rings. The van der Waals surface area contributed by atoms with Crippen LogP contribution < -0.4 is 15.1 Å². The molecule has 27 heavy (non-hydrogen) atoms. The first-order valence-electron chi connectivity index (χ1n) is 8.42. The normalized spacial score (nSPS) is 16.3. The summed E-state index contributed by atoms with van der Waals surface area (Å²) in [6, 6.07) is 6.46. The lowest BCUT2D eigenvalue weighted by Gasteiger charge is -2.31. The van der Waals surface area contributed by atoms with E-state index < -0.39 is 21.5 Å². The highest BCUT2D eigenvalue weighted by Gasteiger charge is 2.30. The molecule has 0 radical (unpaired) electrons. The number of piperidine rings is 1. The summed E-state index contributed by atoms with van der Waals surface area (Å²) in [6.45, 7) is 2.12. The van der Waals surface area contributed by atoms with Crippen molar-refractivity contribution in [3.05, 3.63) is 52.3 Å². The van der Waals surface area contributed by atoms with E-state index in [0.29, 0.717) is 24.4 Å². The average molecular weight is 397 g/mol. The molecule has 1 saturated heterocycles. The number of halogens is 1. The molecule has 0 bridgehead atoms. The number of benzene rings is 1. The Labute approximate surface area is 156 Å². The fraction of sp³-hybridized carbons (Fsp3) is 0.389. The minimum Gasteiger partial charge on any atom is -0.494 e. The van der Waals surface area contributed by atoms with E-state index in [2.05, 4.69) is 0 Å². The number of methoxy groups -OCH3 is 1. The van der Waals surface area contributed by atoms with Gasteiger partial charge in [0.25, 0.3) is 0 Å². The molecule has 1 aromatic heterocycles. The smallest absolute Gasteiger partial charge is 0.339 e. The van der Waals surface area contributed by atoms with Crippen molar-refractivity contribution in [1.29, 1.82) is 0 Å². The highest BCUT2D eigenvalue weighted by atomic mass is 32.2. The first kappa shape index (κ1) is 19.4. The predicted molar refractivity (Wildman–Crippen MR) is 95.1 cm³/mol. The molecule has 3 rings (SSSR count). The third-order valence-corrected chi connectivity index (χ3v) is 6.23. The van der Waals surface area contributed by atoms with E-state index >= 15 is 0 Å². The van der Waals surface area contributed by atoms with Crippen LogP contribution >= 0.6 is 0 Å². The number of rotatable bonds is 5. The van der Waals surface area contributed by atoms with Crippen molar-refractivity contribution in [1.82, 2.24) is 4.31 Å². The third-order valence-electron chi connectivity index (χ3n) is 4.33. The molecule has 0 saturated carbocycles. The maximum atomic E-state index is 13.9. The van der Waals surface area contributed by atoms with Crippen LogP contribution in [0, 0.1) is 12.7 Å². The average Bonchev–Trinajstić information content (AvgIpc) is 2.61. The maximum Gasteiger partial charge on any atom is 0.339 e. The summed E-state index contributed by atoms with van der Waals surface area (Å²) in [5, 5.41) is 0. The largest absolute Gasteiger partial charge is 0.494 e. The van der Waals surface area contributed by atoms with Crippen LogP contribution in [0.2, 0.25) is 0 Å². The molecule has 0 atom stereocenters. The molecule has 1 aliphatic rings. The lowest BCUT2D eigenvalue weighted by atomic mass is 10.1. The van der Waals surface area contributed by atoms with Crippen LogP contribution in [0.4, 0.5) is 4.39 Å². The number of aryl methyl sites for hydroxylation is 1. The SMILES string of the molecule is COc1ccc(S(=O)(=O)N2CCC(Oc3cc(C)oc(=O)c3)CC2)cc1F. The van der Waals surface area contributed by atoms with Crippen molar-refractivity contribution < 1.29 is 26.7 Å². The van der Waals surface area contributed by atoms with Crippen molar-refractivity contribution in [2.24, 2.45) is 0 Å². The Kier molecular flexibility index (Phi) is 5.52.